The first kappa shape index (κ1) is 13.6. The molecule has 0 rings (SSSR count). The normalized spacial score (nSPS) is 12.0. The molecule has 0 aromatic rings. The average molecular weight is 216 g/mol. The first-order valence-electron chi connectivity index (χ1n) is 4.82. The van der Waals surface area contributed by atoms with Gasteiger partial charge in [-0.15, -0.1) is 11.8 Å². The summed E-state index contributed by atoms with van der Waals surface area (Å²) in [7, 11) is 0. The Labute approximate surface area is 91.1 Å². The average Bonchev–Trinajstić information content (AvgIpc) is 2.00. The van der Waals surface area contributed by atoms with Crippen LogP contribution in [0.4, 0.5) is 0 Å². The van der Waals surface area contributed by atoms with Crippen molar-refractivity contribution in [1.82, 2.24) is 0 Å². The molecule has 2 nitrogen and oxygen atoms in total. The van der Waals surface area contributed by atoms with Crippen LogP contribution in [0.1, 0.15) is 34.1 Å². The second kappa shape index (κ2) is 6.93. The molecule has 14 heavy (non-hydrogen) atoms. The maximum atomic E-state index is 10.4. The van der Waals surface area contributed by atoms with E-state index >= 15 is 0 Å². The quantitative estimate of drug-likeness (QED) is 0.521. The largest absolute Gasteiger partial charge is 0.462 e. The predicted molar refractivity (Wildman–Crippen MR) is 62.3 cm³/mol. The van der Waals surface area contributed by atoms with Crippen molar-refractivity contribution in [3.05, 3.63) is 11.5 Å². The zero-order chi connectivity index (χ0) is 11.0. The maximum absolute atomic E-state index is 10.4. The van der Waals surface area contributed by atoms with E-state index < -0.39 is 0 Å². The summed E-state index contributed by atoms with van der Waals surface area (Å²) in [5.74, 6) is 0.884. The van der Waals surface area contributed by atoms with Crippen molar-refractivity contribution in [3.63, 3.8) is 0 Å². The number of ether oxygens (including phenoxy) is 1. The molecule has 0 aromatic carbocycles. The molecule has 0 aliphatic rings. The highest BCUT2D eigenvalue weighted by molar-refractivity contribution is 8.02. The van der Waals surface area contributed by atoms with Crippen LogP contribution in [0.2, 0.25) is 0 Å². The van der Waals surface area contributed by atoms with E-state index in [1.165, 1.54) is 13.3 Å². The van der Waals surface area contributed by atoms with Gasteiger partial charge in [-0.05, 0) is 29.1 Å². The first-order chi connectivity index (χ1) is 6.42. The molecule has 0 bridgehead atoms. The van der Waals surface area contributed by atoms with Gasteiger partial charge in [0, 0.05) is 6.92 Å². The summed E-state index contributed by atoms with van der Waals surface area (Å²) < 4.78 is 4.75. The van der Waals surface area contributed by atoms with Crippen molar-refractivity contribution >= 4 is 17.7 Å². The van der Waals surface area contributed by atoms with Crippen LogP contribution in [0.5, 0.6) is 0 Å². The molecule has 0 aliphatic heterocycles. The van der Waals surface area contributed by atoms with Crippen molar-refractivity contribution in [3.8, 4) is 0 Å². The van der Waals surface area contributed by atoms with Gasteiger partial charge >= 0.3 is 5.97 Å². The molecule has 0 radical (unpaired) electrons. The summed E-state index contributed by atoms with van der Waals surface area (Å²) >= 11 is 1.76. The van der Waals surface area contributed by atoms with Crippen molar-refractivity contribution < 1.29 is 9.53 Å². The first-order valence-corrected chi connectivity index (χ1v) is 5.87. The molecule has 82 valence electrons. The van der Waals surface area contributed by atoms with Gasteiger partial charge in [0.1, 0.15) is 6.61 Å². The lowest BCUT2D eigenvalue weighted by atomic mass is 9.94. The van der Waals surface area contributed by atoms with Crippen LogP contribution in [0.15, 0.2) is 11.5 Å². The summed E-state index contributed by atoms with van der Waals surface area (Å²) in [6.45, 7) is 8.50. The van der Waals surface area contributed by atoms with Crippen LogP contribution in [-0.2, 0) is 9.53 Å². The van der Waals surface area contributed by atoms with E-state index in [-0.39, 0.29) is 5.97 Å². The van der Waals surface area contributed by atoms with Gasteiger partial charge in [0.25, 0.3) is 0 Å². The van der Waals surface area contributed by atoms with Gasteiger partial charge in [0.15, 0.2) is 0 Å². The second-order valence-electron chi connectivity index (χ2n) is 4.36. The molecule has 3 heteroatoms. The summed E-state index contributed by atoms with van der Waals surface area (Å²) in [5, 5.41) is 1.99. The predicted octanol–water partition coefficient (Wildman–Crippen LogP) is 3.23. The lowest BCUT2D eigenvalue weighted by Crippen LogP contribution is -2.05. The molecule has 0 N–H and O–H groups in total. The zero-order valence-corrected chi connectivity index (χ0v) is 10.3. The van der Waals surface area contributed by atoms with Gasteiger partial charge in [0.2, 0.25) is 0 Å². The lowest BCUT2D eigenvalue weighted by Gasteiger charge is -2.16. The topological polar surface area (TPSA) is 26.3 Å². The van der Waals surface area contributed by atoms with Gasteiger partial charge in [0.05, 0.1) is 0 Å². The fraction of sp³-hybridized carbons (Fsp3) is 0.727. The smallest absolute Gasteiger partial charge is 0.302 e. The van der Waals surface area contributed by atoms with Crippen molar-refractivity contribution in [2.45, 2.75) is 34.1 Å². The fourth-order valence-corrected chi connectivity index (χ4v) is 1.79. The van der Waals surface area contributed by atoms with Gasteiger partial charge in [-0.2, -0.15) is 0 Å². The minimum absolute atomic E-state index is 0.227. The second-order valence-corrected chi connectivity index (χ2v) is 5.37. The van der Waals surface area contributed by atoms with Crippen LogP contribution >= 0.6 is 11.8 Å². The summed E-state index contributed by atoms with van der Waals surface area (Å²) in [6, 6.07) is 0. The molecule has 0 spiro atoms. The number of carbonyl (C=O) groups is 1. The lowest BCUT2D eigenvalue weighted by molar-refractivity contribution is -0.139. The molecule has 0 heterocycles. The summed E-state index contributed by atoms with van der Waals surface area (Å²) in [5.41, 5.74) is 0.400. The third-order valence-electron chi connectivity index (χ3n) is 1.55. The van der Waals surface area contributed by atoms with Crippen LogP contribution in [0.3, 0.4) is 0 Å². The molecule has 0 saturated carbocycles. The number of hydrogen-bond donors (Lipinski definition) is 0. The molecular formula is C11H20O2S. The van der Waals surface area contributed by atoms with Gasteiger partial charge in [-0.3, -0.25) is 4.79 Å². The highest BCUT2D eigenvalue weighted by Gasteiger charge is 2.08. The summed E-state index contributed by atoms with van der Waals surface area (Å²) in [4.78, 5) is 10.4. The number of thioether (sulfide) groups is 1. The number of carbonyl (C=O) groups excluding carboxylic acids is 1. The third-order valence-corrected chi connectivity index (χ3v) is 2.37. The highest BCUT2D eigenvalue weighted by atomic mass is 32.2. The van der Waals surface area contributed by atoms with E-state index in [4.69, 9.17) is 4.74 Å². The van der Waals surface area contributed by atoms with Crippen LogP contribution < -0.4 is 0 Å². The SMILES string of the molecule is CC(=O)OCC=CSCCC(C)(C)C. The minimum atomic E-state index is -0.227. The van der Waals surface area contributed by atoms with E-state index in [9.17, 15) is 4.79 Å². The van der Waals surface area contributed by atoms with Crippen LogP contribution in [-0.4, -0.2) is 18.3 Å². The minimum Gasteiger partial charge on any atom is -0.462 e. The van der Waals surface area contributed by atoms with E-state index in [0.717, 1.165) is 5.75 Å². The Hall–Kier alpha value is -0.440. The molecular weight excluding hydrogens is 196 g/mol. The third kappa shape index (κ3) is 11.6. The Morgan fingerprint density at radius 2 is 2.07 bits per heavy atom. The summed E-state index contributed by atoms with van der Waals surface area (Å²) in [6.07, 6.45) is 3.06. The molecule has 0 atom stereocenters. The Bertz CT molecular complexity index is 192. The molecule has 0 saturated heterocycles. The zero-order valence-electron chi connectivity index (χ0n) is 9.50. The Morgan fingerprint density at radius 3 is 2.57 bits per heavy atom. The van der Waals surface area contributed by atoms with Gasteiger partial charge in [-0.25, -0.2) is 0 Å². The molecule has 0 aliphatic carbocycles. The molecule has 0 unspecified atom stereocenters. The van der Waals surface area contributed by atoms with Crippen molar-refractivity contribution in [1.29, 1.82) is 0 Å². The number of rotatable bonds is 5. The monoisotopic (exact) mass is 216 g/mol. The van der Waals surface area contributed by atoms with Crippen molar-refractivity contribution in [2.24, 2.45) is 5.41 Å². The standard InChI is InChI=1S/C11H20O2S/c1-10(12)13-7-5-8-14-9-6-11(2,3)4/h5,8H,6-7,9H2,1-4H3. The van der Waals surface area contributed by atoms with E-state index in [1.807, 2.05) is 11.5 Å². The number of hydrogen-bond acceptors (Lipinski definition) is 3. The van der Waals surface area contributed by atoms with E-state index in [1.54, 1.807) is 11.8 Å². The highest BCUT2D eigenvalue weighted by Crippen LogP contribution is 2.21. The van der Waals surface area contributed by atoms with Crippen LogP contribution in [0.25, 0.3) is 0 Å². The molecule has 0 aromatic heterocycles. The Balaban J connectivity index is 3.32. The van der Waals surface area contributed by atoms with Crippen LogP contribution in [0, 0.1) is 5.41 Å². The Morgan fingerprint density at radius 1 is 1.43 bits per heavy atom. The van der Waals surface area contributed by atoms with E-state index in [0.29, 0.717) is 12.0 Å². The molecule has 0 amide bonds. The van der Waals surface area contributed by atoms with Gasteiger partial charge < -0.3 is 4.74 Å². The van der Waals surface area contributed by atoms with Gasteiger partial charge in [-0.1, -0.05) is 20.8 Å². The fourth-order valence-electron chi connectivity index (χ4n) is 0.706. The number of esters is 1. The molecule has 0 fully saturated rings. The van der Waals surface area contributed by atoms with E-state index in [2.05, 4.69) is 20.8 Å². The maximum Gasteiger partial charge on any atom is 0.302 e. The van der Waals surface area contributed by atoms with Crippen molar-refractivity contribution in [2.75, 3.05) is 12.4 Å². The Kier molecular flexibility index (Phi) is 6.71.